The van der Waals surface area contributed by atoms with E-state index in [1.54, 1.807) is 68.6 Å². The number of ketones is 1. The second kappa shape index (κ2) is 8.58. The van der Waals surface area contributed by atoms with E-state index in [0.29, 0.717) is 35.0 Å². The number of nitrogens with zero attached hydrogens (tertiary/aromatic N) is 2. The molecular weight excluding hydrogens is 412 g/mol. The molecule has 8 nitrogen and oxygen atoms in total. The van der Waals surface area contributed by atoms with E-state index in [0.717, 1.165) is 0 Å². The Morgan fingerprint density at radius 2 is 1.75 bits per heavy atom. The molecule has 3 aromatic rings. The highest BCUT2D eigenvalue weighted by Crippen LogP contribution is 2.42. The van der Waals surface area contributed by atoms with Gasteiger partial charge in [-0.1, -0.05) is 17.3 Å². The molecule has 0 aliphatic carbocycles. The van der Waals surface area contributed by atoms with Crippen molar-refractivity contribution in [2.75, 3.05) is 18.6 Å². The molecule has 1 N–H and O–H groups in total. The lowest BCUT2D eigenvalue weighted by Crippen LogP contribution is -2.29. The lowest BCUT2D eigenvalue weighted by atomic mass is 9.95. The van der Waals surface area contributed by atoms with Crippen LogP contribution in [-0.2, 0) is 9.59 Å². The summed E-state index contributed by atoms with van der Waals surface area (Å²) in [6, 6.07) is 14.3. The largest absolute Gasteiger partial charge is 0.507 e. The van der Waals surface area contributed by atoms with E-state index >= 15 is 0 Å². The van der Waals surface area contributed by atoms with Crippen molar-refractivity contribution < 1.29 is 28.7 Å². The van der Waals surface area contributed by atoms with E-state index in [1.165, 1.54) is 4.90 Å². The first-order valence-electron chi connectivity index (χ1n) is 10.1. The fourth-order valence-corrected chi connectivity index (χ4v) is 3.67. The van der Waals surface area contributed by atoms with Gasteiger partial charge >= 0.3 is 5.91 Å². The first-order valence-corrected chi connectivity index (χ1v) is 10.1. The maximum absolute atomic E-state index is 13.1. The monoisotopic (exact) mass is 434 g/mol. The summed E-state index contributed by atoms with van der Waals surface area (Å²) in [6.45, 7) is 4.07. The summed E-state index contributed by atoms with van der Waals surface area (Å²) in [6.07, 6.45) is 0. The fraction of sp³-hybridized carbons (Fsp3) is 0.208. The molecule has 0 spiro atoms. The summed E-state index contributed by atoms with van der Waals surface area (Å²) < 4.78 is 15.8. The Morgan fingerprint density at radius 1 is 1.09 bits per heavy atom. The molecule has 2 aromatic carbocycles. The van der Waals surface area contributed by atoms with Crippen LogP contribution in [0.2, 0.25) is 0 Å². The third-order valence-electron chi connectivity index (χ3n) is 5.18. The number of Topliss-reactive ketones (excluding diaryl/α,β-unsaturated/α-hetero) is 1. The fourth-order valence-electron chi connectivity index (χ4n) is 3.67. The summed E-state index contributed by atoms with van der Waals surface area (Å²) in [7, 11) is 1.55. The Labute approximate surface area is 184 Å². The van der Waals surface area contributed by atoms with Gasteiger partial charge in [0.2, 0.25) is 0 Å². The average Bonchev–Trinajstić information content (AvgIpc) is 3.34. The molecule has 0 bridgehead atoms. The van der Waals surface area contributed by atoms with Gasteiger partial charge in [0.05, 0.1) is 25.3 Å². The van der Waals surface area contributed by atoms with Crippen LogP contribution in [0.3, 0.4) is 0 Å². The lowest BCUT2D eigenvalue weighted by molar-refractivity contribution is -0.132. The summed E-state index contributed by atoms with van der Waals surface area (Å²) in [5.41, 5.74) is 0.962. The van der Waals surface area contributed by atoms with Gasteiger partial charge in [0, 0.05) is 11.6 Å². The number of methoxy groups -OCH3 is 1. The predicted molar refractivity (Wildman–Crippen MR) is 117 cm³/mol. The van der Waals surface area contributed by atoms with E-state index in [9.17, 15) is 14.7 Å². The van der Waals surface area contributed by atoms with Crippen LogP contribution < -0.4 is 14.4 Å². The number of benzene rings is 2. The molecule has 164 valence electrons. The summed E-state index contributed by atoms with van der Waals surface area (Å²) in [5.74, 6) is 0.0428. The maximum atomic E-state index is 13.1. The van der Waals surface area contributed by atoms with Gasteiger partial charge in [-0.3, -0.25) is 14.5 Å². The number of carbonyl (C=O) groups is 2. The smallest absolute Gasteiger partial charge is 0.301 e. The van der Waals surface area contributed by atoms with Crippen molar-refractivity contribution in [3.63, 3.8) is 0 Å². The second-order valence-corrected chi connectivity index (χ2v) is 7.20. The van der Waals surface area contributed by atoms with E-state index in [4.69, 9.17) is 14.0 Å². The standard InChI is InChI=1S/C24H22N2O6/c1-4-31-18-11-7-16(8-12-18)22(27)20-21(15-5-9-17(30-3)10-6-15)26(24(29)23(20)28)19-13-14(2)32-25-19/h5-13,21,27H,4H2,1-3H3/b22-20+. The van der Waals surface area contributed by atoms with E-state index < -0.39 is 17.7 Å². The van der Waals surface area contributed by atoms with Crippen LogP contribution >= 0.6 is 0 Å². The van der Waals surface area contributed by atoms with Gasteiger partial charge in [0.15, 0.2) is 5.82 Å². The molecular formula is C24H22N2O6. The molecule has 1 amide bonds. The molecule has 32 heavy (non-hydrogen) atoms. The first-order chi connectivity index (χ1) is 15.4. The number of aliphatic hydroxyl groups is 1. The number of anilines is 1. The van der Waals surface area contributed by atoms with Crippen molar-refractivity contribution in [1.29, 1.82) is 0 Å². The highest BCUT2D eigenvalue weighted by atomic mass is 16.5. The van der Waals surface area contributed by atoms with Gasteiger partial charge in [-0.05, 0) is 55.8 Å². The Hall–Kier alpha value is -4.07. The van der Waals surface area contributed by atoms with E-state index in [-0.39, 0.29) is 17.2 Å². The topological polar surface area (TPSA) is 102 Å². The summed E-state index contributed by atoms with van der Waals surface area (Å²) in [5, 5.41) is 15.0. The quantitative estimate of drug-likeness (QED) is 0.355. The number of ether oxygens (including phenoxy) is 2. The highest BCUT2D eigenvalue weighted by Gasteiger charge is 2.48. The number of aliphatic hydroxyl groups excluding tert-OH is 1. The van der Waals surface area contributed by atoms with Crippen LogP contribution in [0.1, 0.15) is 29.9 Å². The Morgan fingerprint density at radius 3 is 2.31 bits per heavy atom. The van der Waals surface area contributed by atoms with Crippen LogP contribution in [0.4, 0.5) is 5.82 Å². The highest BCUT2D eigenvalue weighted by molar-refractivity contribution is 6.51. The predicted octanol–water partition coefficient (Wildman–Crippen LogP) is 4.02. The molecule has 1 atom stereocenters. The molecule has 4 rings (SSSR count). The molecule has 0 saturated carbocycles. The molecule has 8 heteroatoms. The summed E-state index contributed by atoms with van der Waals surface area (Å²) in [4.78, 5) is 27.3. The average molecular weight is 434 g/mol. The minimum Gasteiger partial charge on any atom is -0.507 e. The number of amides is 1. The van der Waals surface area contributed by atoms with Crippen LogP contribution in [0.5, 0.6) is 11.5 Å². The number of aromatic nitrogens is 1. The second-order valence-electron chi connectivity index (χ2n) is 7.20. The molecule has 1 aliphatic rings. The van der Waals surface area contributed by atoms with Gasteiger partial charge in [-0.25, -0.2) is 0 Å². The number of hydrogen-bond donors (Lipinski definition) is 1. The van der Waals surface area contributed by atoms with E-state index in [1.807, 2.05) is 6.92 Å². The normalized spacial score (nSPS) is 17.6. The molecule has 1 aromatic heterocycles. The van der Waals surface area contributed by atoms with Gasteiger partial charge in [-0.15, -0.1) is 0 Å². The zero-order valence-electron chi connectivity index (χ0n) is 17.9. The molecule has 0 radical (unpaired) electrons. The molecule has 1 fully saturated rings. The van der Waals surface area contributed by atoms with Crippen molar-refractivity contribution in [1.82, 2.24) is 5.16 Å². The van der Waals surface area contributed by atoms with Crippen molar-refractivity contribution in [2.24, 2.45) is 0 Å². The molecule has 1 aliphatic heterocycles. The van der Waals surface area contributed by atoms with Crippen LogP contribution in [0, 0.1) is 6.92 Å². The zero-order valence-corrected chi connectivity index (χ0v) is 17.9. The Bertz CT molecular complexity index is 1180. The van der Waals surface area contributed by atoms with Crippen LogP contribution in [0.15, 0.2) is 64.7 Å². The number of hydrogen-bond acceptors (Lipinski definition) is 7. The van der Waals surface area contributed by atoms with Gasteiger partial charge in [0.25, 0.3) is 5.78 Å². The van der Waals surface area contributed by atoms with Crippen molar-refractivity contribution in [3.05, 3.63) is 77.1 Å². The Balaban J connectivity index is 1.86. The molecule has 2 heterocycles. The maximum Gasteiger partial charge on any atom is 0.301 e. The summed E-state index contributed by atoms with van der Waals surface area (Å²) >= 11 is 0. The van der Waals surface area contributed by atoms with Gasteiger partial charge < -0.3 is 19.1 Å². The molecule has 1 unspecified atom stereocenters. The lowest BCUT2D eigenvalue weighted by Gasteiger charge is -2.23. The third-order valence-corrected chi connectivity index (χ3v) is 5.18. The Kier molecular flexibility index (Phi) is 5.68. The first kappa shape index (κ1) is 21.2. The van der Waals surface area contributed by atoms with Gasteiger partial charge in [0.1, 0.15) is 23.0 Å². The number of aryl methyl sites for hydroxylation is 1. The third kappa shape index (κ3) is 3.71. The van der Waals surface area contributed by atoms with Crippen molar-refractivity contribution in [3.8, 4) is 11.5 Å². The minimum atomic E-state index is -0.892. The SMILES string of the molecule is CCOc1ccc(/C(O)=C2\C(=O)C(=O)N(c3cc(C)on3)C2c2ccc(OC)cc2)cc1. The van der Waals surface area contributed by atoms with Crippen LogP contribution in [-0.4, -0.2) is 35.7 Å². The van der Waals surface area contributed by atoms with Crippen molar-refractivity contribution in [2.45, 2.75) is 19.9 Å². The zero-order chi connectivity index (χ0) is 22.8. The van der Waals surface area contributed by atoms with Gasteiger partial charge in [-0.2, -0.15) is 0 Å². The van der Waals surface area contributed by atoms with Crippen LogP contribution in [0.25, 0.3) is 5.76 Å². The number of rotatable bonds is 6. The molecule has 1 saturated heterocycles. The van der Waals surface area contributed by atoms with Crippen molar-refractivity contribution >= 4 is 23.3 Å². The van der Waals surface area contributed by atoms with E-state index in [2.05, 4.69) is 5.16 Å². The number of carbonyl (C=O) groups excluding carboxylic acids is 2. The minimum absolute atomic E-state index is 0.0371.